The first kappa shape index (κ1) is 22.9. The minimum absolute atomic E-state index is 0.203. The van der Waals surface area contributed by atoms with Crippen LogP contribution in [-0.2, 0) is 22.1 Å². The number of hydrogen-bond donors (Lipinski definition) is 1. The van der Waals surface area contributed by atoms with Gasteiger partial charge in [0.2, 0.25) is 0 Å². The predicted molar refractivity (Wildman–Crippen MR) is 119 cm³/mol. The third-order valence-corrected chi connectivity index (χ3v) is 6.43. The Bertz CT molecular complexity index is 803. The molecule has 0 bridgehead atoms. The number of nitrogens with one attached hydrogen (secondary N) is 1. The molecule has 0 aromatic heterocycles. The predicted octanol–water partition coefficient (Wildman–Crippen LogP) is 5.39. The number of carbonyl (C=O) groups excluding carboxylic acids is 1. The van der Waals surface area contributed by atoms with E-state index in [2.05, 4.69) is 25.7 Å². The molecule has 4 nitrogen and oxygen atoms in total. The van der Waals surface area contributed by atoms with Gasteiger partial charge in [-0.2, -0.15) is 0 Å². The summed E-state index contributed by atoms with van der Waals surface area (Å²) in [4.78, 5) is 13.2. The molecule has 0 aliphatic carbocycles. The average Bonchev–Trinajstić information content (AvgIpc) is 2.70. The normalized spacial score (nSPS) is 14.1. The number of amides is 1. The molecule has 0 saturated heterocycles. The van der Waals surface area contributed by atoms with E-state index in [-0.39, 0.29) is 17.9 Å². The minimum atomic E-state index is -1.27. The van der Waals surface area contributed by atoms with Crippen LogP contribution in [0.4, 0.5) is 4.79 Å². The van der Waals surface area contributed by atoms with E-state index in [1.165, 1.54) is 0 Å². The minimum Gasteiger partial charge on any atom is -0.445 e. The molecule has 0 unspecified atom stereocenters. The summed E-state index contributed by atoms with van der Waals surface area (Å²) in [5.41, 5.74) is 2.04. The van der Waals surface area contributed by atoms with Crippen LogP contribution in [0.1, 0.15) is 37.8 Å². The summed E-state index contributed by atoms with van der Waals surface area (Å²) in [7, 11) is -1.27. The molecule has 1 N–H and O–H groups in total. The monoisotopic (exact) mass is 413 g/mol. The third kappa shape index (κ3) is 7.50. The van der Waals surface area contributed by atoms with Crippen LogP contribution in [0.3, 0.4) is 0 Å². The molecule has 156 valence electrons. The third-order valence-electron chi connectivity index (χ3n) is 4.62. The molecule has 0 saturated carbocycles. The van der Waals surface area contributed by atoms with Gasteiger partial charge in [-0.25, -0.2) is 4.79 Å². The van der Waals surface area contributed by atoms with Crippen molar-refractivity contribution in [2.24, 2.45) is 5.92 Å². The Morgan fingerprint density at radius 2 is 1.79 bits per heavy atom. The van der Waals surface area contributed by atoms with E-state index in [4.69, 9.17) is 4.74 Å². The summed E-state index contributed by atoms with van der Waals surface area (Å²) >= 11 is 0. The molecular weight excluding hydrogens is 382 g/mol. The van der Waals surface area contributed by atoms with Crippen LogP contribution in [0.15, 0.2) is 72.1 Å². The molecule has 2 aromatic rings. The summed E-state index contributed by atoms with van der Waals surface area (Å²) in [6.45, 7) is 10.2. The lowest BCUT2D eigenvalue weighted by Gasteiger charge is -2.28. The van der Waals surface area contributed by atoms with Gasteiger partial charge in [-0.3, -0.25) is 4.21 Å². The fraction of sp³-hybridized carbons (Fsp3) is 0.375. The largest absolute Gasteiger partial charge is 0.445 e. The van der Waals surface area contributed by atoms with Crippen molar-refractivity contribution >= 4 is 16.9 Å². The van der Waals surface area contributed by atoms with Gasteiger partial charge in [-0.05, 0) is 43.4 Å². The van der Waals surface area contributed by atoms with Gasteiger partial charge in [0.1, 0.15) is 6.61 Å². The molecule has 5 heteroatoms. The Kier molecular flexibility index (Phi) is 9.13. The topological polar surface area (TPSA) is 55.4 Å². The lowest BCUT2D eigenvalue weighted by molar-refractivity contribution is 0.134. The lowest BCUT2D eigenvalue weighted by atomic mass is 9.99. The maximum absolute atomic E-state index is 13.3. The first-order chi connectivity index (χ1) is 13.9. The Hall–Kier alpha value is -2.40. The van der Waals surface area contributed by atoms with Crippen LogP contribution in [-0.4, -0.2) is 21.6 Å². The highest BCUT2D eigenvalue weighted by Gasteiger charge is 2.29. The summed E-state index contributed by atoms with van der Waals surface area (Å²) in [5.74, 6) is 0.330. The SMILES string of the molecule is C=CC[C@H]([C@H](CC(C)C)NC(=O)OCc1ccccc1)[S@](=O)c1ccc(C)cc1. The molecule has 0 radical (unpaired) electrons. The Morgan fingerprint density at radius 1 is 1.14 bits per heavy atom. The molecular formula is C24H31NO3S. The van der Waals surface area contributed by atoms with E-state index >= 15 is 0 Å². The maximum Gasteiger partial charge on any atom is 0.407 e. The van der Waals surface area contributed by atoms with E-state index < -0.39 is 16.9 Å². The van der Waals surface area contributed by atoms with Gasteiger partial charge < -0.3 is 10.1 Å². The summed E-state index contributed by atoms with van der Waals surface area (Å²) in [6.07, 6.45) is 2.52. The molecule has 2 rings (SSSR count). The Balaban J connectivity index is 2.12. The number of benzene rings is 2. The smallest absolute Gasteiger partial charge is 0.407 e. The molecule has 0 spiro atoms. The molecule has 1 amide bonds. The molecule has 0 fully saturated rings. The summed E-state index contributed by atoms with van der Waals surface area (Å²) < 4.78 is 18.7. The van der Waals surface area contributed by atoms with Crippen molar-refractivity contribution in [3.05, 3.63) is 78.4 Å². The fourth-order valence-electron chi connectivity index (χ4n) is 3.14. The van der Waals surface area contributed by atoms with Crippen molar-refractivity contribution in [3.8, 4) is 0 Å². The number of ether oxygens (including phenoxy) is 1. The molecule has 3 atom stereocenters. The van der Waals surface area contributed by atoms with Crippen molar-refractivity contribution in [2.75, 3.05) is 0 Å². The van der Waals surface area contributed by atoms with E-state index in [9.17, 15) is 9.00 Å². The fourth-order valence-corrected chi connectivity index (χ4v) is 4.68. The van der Waals surface area contributed by atoms with Crippen LogP contribution in [0.25, 0.3) is 0 Å². The van der Waals surface area contributed by atoms with Crippen molar-refractivity contribution < 1.29 is 13.7 Å². The van der Waals surface area contributed by atoms with Crippen LogP contribution in [0.2, 0.25) is 0 Å². The maximum atomic E-state index is 13.3. The summed E-state index contributed by atoms with van der Waals surface area (Å²) in [6, 6.07) is 17.0. The van der Waals surface area contributed by atoms with E-state index in [0.717, 1.165) is 16.0 Å². The second kappa shape index (κ2) is 11.6. The highest BCUT2D eigenvalue weighted by Crippen LogP contribution is 2.22. The second-order valence-electron chi connectivity index (χ2n) is 7.62. The molecule has 0 heterocycles. The molecule has 2 aromatic carbocycles. The van der Waals surface area contributed by atoms with Crippen LogP contribution in [0.5, 0.6) is 0 Å². The zero-order chi connectivity index (χ0) is 21.2. The first-order valence-corrected chi connectivity index (χ1v) is 11.2. The Morgan fingerprint density at radius 3 is 2.38 bits per heavy atom. The quantitative estimate of drug-likeness (QED) is 0.532. The Labute approximate surface area is 176 Å². The zero-order valence-corrected chi connectivity index (χ0v) is 18.3. The van der Waals surface area contributed by atoms with Gasteiger partial charge in [0.25, 0.3) is 0 Å². The van der Waals surface area contributed by atoms with Gasteiger partial charge in [-0.1, -0.05) is 68.0 Å². The summed E-state index contributed by atoms with van der Waals surface area (Å²) in [5, 5.41) is 2.69. The van der Waals surface area contributed by atoms with Crippen molar-refractivity contribution in [3.63, 3.8) is 0 Å². The molecule has 0 aliphatic rings. The number of carbonyl (C=O) groups is 1. The number of allylic oxidation sites excluding steroid dienone is 1. The van der Waals surface area contributed by atoms with E-state index in [0.29, 0.717) is 18.8 Å². The molecule has 0 aliphatic heterocycles. The van der Waals surface area contributed by atoms with Crippen molar-refractivity contribution in [2.45, 2.75) is 56.4 Å². The van der Waals surface area contributed by atoms with Gasteiger partial charge in [0.05, 0.1) is 16.0 Å². The molecule has 29 heavy (non-hydrogen) atoms. The standard InChI is InChI=1S/C24H31NO3S/c1-5-9-23(29(27)21-14-12-19(4)13-15-21)22(16-18(2)3)25-24(26)28-17-20-10-7-6-8-11-20/h5-8,10-15,18,22-23H,1,9,16-17H2,2-4H3,(H,25,26)/t22-,23+,29+/m0/s1. The van der Waals surface area contributed by atoms with Crippen molar-refractivity contribution in [1.82, 2.24) is 5.32 Å². The van der Waals surface area contributed by atoms with Crippen LogP contribution < -0.4 is 5.32 Å². The zero-order valence-electron chi connectivity index (χ0n) is 17.5. The lowest BCUT2D eigenvalue weighted by Crippen LogP contribution is -2.46. The number of alkyl carbamates (subject to hydrolysis) is 1. The first-order valence-electron chi connectivity index (χ1n) is 9.96. The highest BCUT2D eigenvalue weighted by molar-refractivity contribution is 7.85. The number of rotatable bonds is 10. The van der Waals surface area contributed by atoms with Crippen molar-refractivity contribution in [1.29, 1.82) is 0 Å². The highest BCUT2D eigenvalue weighted by atomic mass is 32.2. The van der Waals surface area contributed by atoms with Gasteiger partial charge in [0, 0.05) is 10.9 Å². The van der Waals surface area contributed by atoms with Gasteiger partial charge in [0.15, 0.2) is 0 Å². The van der Waals surface area contributed by atoms with Crippen LogP contribution >= 0.6 is 0 Å². The van der Waals surface area contributed by atoms with E-state index in [1.54, 1.807) is 6.08 Å². The second-order valence-corrected chi connectivity index (χ2v) is 9.29. The number of hydrogen-bond acceptors (Lipinski definition) is 3. The number of aryl methyl sites for hydroxylation is 1. The average molecular weight is 414 g/mol. The van der Waals surface area contributed by atoms with Crippen LogP contribution in [0, 0.1) is 12.8 Å². The van der Waals surface area contributed by atoms with Gasteiger partial charge >= 0.3 is 6.09 Å². The van der Waals surface area contributed by atoms with Gasteiger partial charge in [-0.15, -0.1) is 6.58 Å². The van der Waals surface area contributed by atoms with E-state index in [1.807, 2.05) is 61.5 Å².